The molecule has 1 aromatic carbocycles. The lowest BCUT2D eigenvalue weighted by molar-refractivity contribution is -0.121. The lowest BCUT2D eigenvalue weighted by Gasteiger charge is -2.31. The summed E-state index contributed by atoms with van der Waals surface area (Å²) >= 11 is 0. The molecule has 1 amide bonds. The molecule has 1 N–H and O–H groups in total. The smallest absolute Gasteiger partial charge is 0.228 e. The van der Waals surface area contributed by atoms with Crippen LogP contribution < -0.4 is 5.32 Å². The van der Waals surface area contributed by atoms with E-state index in [9.17, 15) is 4.79 Å². The highest BCUT2D eigenvalue weighted by Crippen LogP contribution is 2.21. The maximum Gasteiger partial charge on any atom is 0.228 e. The van der Waals surface area contributed by atoms with Crippen LogP contribution in [0.15, 0.2) is 42.7 Å². The lowest BCUT2D eigenvalue weighted by Crippen LogP contribution is -2.40. The lowest BCUT2D eigenvalue weighted by atomic mass is 9.96. The van der Waals surface area contributed by atoms with Gasteiger partial charge in [0.1, 0.15) is 0 Å². The number of nitrogens with zero attached hydrogens (tertiary/aromatic N) is 3. The van der Waals surface area contributed by atoms with Gasteiger partial charge in [-0.2, -0.15) is 5.10 Å². The molecule has 0 spiro atoms. The van der Waals surface area contributed by atoms with Crippen LogP contribution in [0.5, 0.6) is 0 Å². The number of para-hydroxylation sites is 1. The molecule has 1 unspecified atom stereocenters. The molecule has 1 aliphatic rings. The van der Waals surface area contributed by atoms with Crippen LogP contribution in [0.2, 0.25) is 0 Å². The van der Waals surface area contributed by atoms with E-state index >= 15 is 0 Å². The second-order valence-electron chi connectivity index (χ2n) is 7.89. The van der Waals surface area contributed by atoms with Gasteiger partial charge in [0.15, 0.2) is 0 Å². The van der Waals surface area contributed by atoms with Gasteiger partial charge >= 0.3 is 0 Å². The van der Waals surface area contributed by atoms with Gasteiger partial charge in [-0.15, -0.1) is 0 Å². The van der Waals surface area contributed by atoms with E-state index in [-0.39, 0.29) is 17.4 Å². The zero-order valence-corrected chi connectivity index (χ0v) is 15.4. The van der Waals surface area contributed by atoms with Gasteiger partial charge in [0, 0.05) is 30.5 Å². The molecule has 134 valence electrons. The highest BCUT2D eigenvalue weighted by atomic mass is 16.1. The second-order valence-corrected chi connectivity index (χ2v) is 7.89. The first-order chi connectivity index (χ1) is 11.9. The highest BCUT2D eigenvalue weighted by molar-refractivity contribution is 5.92. The number of carbonyl (C=O) groups excluding carboxylic acids is 1. The Kier molecular flexibility index (Phi) is 5.23. The van der Waals surface area contributed by atoms with Gasteiger partial charge in [-0.3, -0.25) is 14.4 Å². The Balaban J connectivity index is 1.57. The molecule has 1 aliphatic heterocycles. The Morgan fingerprint density at radius 3 is 2.72 bits per heavy atom. The van der Waals surface area contributed by atoms with Gasteiger partial charge in [-0.05, 0) is 52.3 Å². The zero-order chi connectivity index (χ0) is 17.9. The number of piperidine rings is 1. The normalized spacial score (nSPS) is 18.9. The standard InChI is InChI=1S/C20H28N4O/c1-20(2,3)24-14-16(12-21-24)13-23-11-7-8-17(15-23)19(25)22-18-9-5-4-6-10-18/h4-6,9-10,12,14,17H,7-8,11,13,15H2,1-3H3,(H,22,25). The van der Waals surface area contributed by atoms with Gasteiger partial charge in [-0.25, -0.2) is 0 Å². The van der Waals surface area contributed by atoms with Crippen LogP contribution in [-0.4, -0.2) is 33.7 Å². The van der Waals surface area contributed by atoms with Gasteiger partial charge in [0.05, 0.1) is 17.7 Å². The number of anilines is 1. The molecule has 0 aliphatic carbocycles. The number of hydrogen-bond donors (Lipinski definition) is 1. The largest absolute Gasteiger partial charge is 0.326 e. The number of hydrogen-bond acceptors (Lipinski definition) is 3. The summed E-state index contributed by atoms with van der Waals surface area (Å²) in [6.45, 7) is 9.14. The first kappa shape index (κ1) is 17.7. The molecule has 1 saturated heterocycles. The summed E-state index contributed by atoms with van der Waals surface area (Å²) in [7, 11) is 0. The van der Waals surface area contributed by atoms with Crippen LogP contribution in [0.4, 0.5) is 5.69 Å². The van der Waals surface area contributed by atoms with Crippen LogP contribution in [0, 0.1) is 5.92 Å². The van der Waals surface area contributed by atoms with Gasteiger partial charge in [0.25, 0.3) is 0 Å². The molecule has 3 rings (SSSR count). The number of aromatic nitrogens is 2. The molecule has 1 atom stereocenters. The summed E-state index contributed by atoms with van der Waals surface area (Å²) in [6, 6.07) is 9.69. The van der Waals surface area contributed by atoms with Crippen molar-refractivity contribution in [3.05, 3.63) is 48.3 Å². The van der Waals surface area contributed by atoms with E-state index in [1.165, 1.54) is 5.56 Å². The SMILES string of the molecule is CC(C)(C)n1cc(CN2CCCC(C(=O)Nc3ccccc3)C2)cn1. The summed E-state index contributed by atoms with van der Waals surface area (Å²) in [5.41, 5.74) is 2.08. The van der Waals surface area contributed by atoms with E-state index in [0.29, 0.717) is 0 Å². The molecule has 2 aromatic rings. The van der Waals surface area contributed by atoms with Crippen molar-refractivity contribution in [3.63, 3.8) is 0 Å². The molecule has 2 heterocycles. The molecule has 1 fully saturated rings. The number of likely N-dealkylation sites (tertiary alicyclic amines) is 1. The maximum absolute atomic E-state index is 12.5. The summed E-state index contributed by atoms with van der Waals surface area (Å²) < 4.78 is 2.01. The third kappa shape index (κ3) is 4.69. The summed E-state index contributed by atoms with van der Waals surface area (Å²) in [4.78, 5) is 14.9. The average molecular weight is 340 g/mol. The number of benzene rings is 1. The molecule has 0 saturated carbocycles. The van der Waals surface area contributed by atoms with Crippen molar-refractivity contribution in [3.8, 4) is 0 Å². The van der Waals surface area contributed by atoms with E-state index in [4.69, 9.17) is 0 Å². The quantitative estimate of drug-likeness (QED) is 0.927. The average Bonchev–Trinajstić information content (AvgIpc) is 3.05. The first-order valence-electron chi connectivity index (χ1n) is 9.04. The van der Waals surface area contributed by atoms with Crippen molar-refractivity contribution in [1.82, 2.24) is 14.7 Å². The van der Waals surface area contributed by atoms with Crippen molar-refractivity contribution in [2.24, 2.45) is 5.92 Å². The predicted octanol–water partition coefficient (Wildman–Crippen LogP) is 3.49. The van der Waals surface area contributed by atoms with E-state index in [1.54, 1.807) is 0 Å². The maximum atomic E-state index is 12.5. The number of amides is 1. The fourth-order valence-electron chi connectivity index (χ4n) is 3.25. The van der Waals surface area contributed by atoms with Crippen LogP contribution >= 0.6 is 0 Å². The van der Waals surface area contributed by atoms with E-state index in [0.717, 1.165) is 38.2 Å². The van der Waals surface area contributed by atoms with Crippen molar-refractivity contribution in [2.75, 3.05) is 18.4 Å². The van der Waals surface area contributed by atoms with Gasteiger partial charge in [-0.1, -0.05) is 18.2 Å². The highest BCUT2D eigenvalue weighted by Gasteiger charge is 2.26. The third-order valence-corrected chi connectivity index (χ3v) is 4.65. The predicted molar refractivity (Wildman–Crippen MR) is 100 cm³/mol. The van der Waals surface area contributed by atoms with Gasteiger partial charge < -0.3 is 5.32 Å². The Hall–Kier alpha value is -2.14. The number of carbonyl (C=O) groups is 1. The van der Waals surface area contributed by atoms with Gasteiger partial charge in [0.2, 0.25) is 5.91 Å². The molecule has 5 nitrogen and oxygen atoms in total. The van der Waals surface area contributed by atoms with E-state index in [2.05, 4.69) is 42.3 Å². The van der Waals surface area contributed by atoms with Crippen LogP contribution in [0.25, 0.3) is 0 Å². The molecular formula is C20H28N4O. The first-order valence-corrected chi connectivity index (χ1v) is 9.04. The topological polar surface area (TPSA) is 50.2 Å². The summed E-state index contributed by atoms with van der Waals surface area (Å²) in [5.74, 6) is 0.174. The summed E-state index contributed by atoms with van der Waals surface area (Å²) in [5, 5.41) is 7.51. The van der Waals surface area contributed by atoms with Crippen LogP contribution in [0.1, 0.15) is 39.2 Å². The molecule has 0 radical (unpaired) electrons. The molecule has 1 aromatic heterocycles. The Bertz CT molecular complexity index is 702. The Morgan fingerprint density at radius 2 is 2.04 bits per heavy atom. The van der Waals surface area contributed by atoms with Crippen LogP contribution in [-0.2, 0) is 16.9 Å². The molecule has 0 bridgehead atoms. The van der Waals surface area contributed by atoms with E-state index in [1.807, 2.05) is 41.2 Å². The summed E-state index contributed by atoms with van der Waals surface area (Å²) in [6.07, 6.45) is 6.07. The van der Waals surface area contributed by atoms with Crippen molar-refractivity contribution >= 4 is 11.6 Å². The number of rotatable bonds is 4. The van der Waals surface area contributed by atoms with Crippen molar-refractivity contribution in [2.45, 2.75) is 45.7 Å². The minimum Gasteiger partial charge on any atom is -0.326 e. The van der Waals surface area contributed by atoms with Crippen molar-refractivity contribution in [1.29, 1.82) is 0 Å². The van der Waals surface area contributed by atoms with E-state index < -0.39 is 0 Å². The second kappa shape index (κ2) is 7.40. The monoisotopic (exact) mass is 340 g/mol. The fourth-order valence-corrected chi connectivity index (χ4v) is 3.25. The Labute approximate surface area is 150 Å². The minimum atomic E-state index is -0.00173. The zero-order valence-electron chi connectivity index (χ0n) is 15.4. The fraction of sp³-hybridized carbons (Fsp3) is 0.500. The molecular weight excluding hydrogens is 312 g/mol. The van der Waals surface area contributed by atoms with Crippen LogP contribution in [0.3, 0.4) is 0 Å². The minimum absolute atomic E-state index is 0.00173. The number of nitrogens with one attached hydrogen (secondary N) is 1. The molecule has 5 heteroatoms. The Morgan fingerprint density at radius 1 is 1.28 bits per heavy atom. The third-order valence-electron chi connectivity index (χ3n) is 4.65. The van der Waals surface area contributed by atoms with Crippen molar-refractivity contribution < 1.29 is 4.79 Å². The molecule has 25 heavy (non-hydrogen) atoms.